The fourth-order valence-electron chi connectivity index (χ4n) is 6.17. The highest BCUT2D eigenvalue weighted by molar-refractivity contribution is 5.98. The number of rotatable bonds is 12. The Morgan fingerprint density at radius 3 is 2.25 bits per heavy atom. The van der Waals surface area contributed by atoms with Crippen molar-refractivity contribution in [1.29, 1.82) is 0 Å². The number of carbonyl (C=O) groups excluding carboxylic acids is 4. The number of hydrogen-bond donors (Lipinski definition) is 4. The second-order valence-electron chi connectivity index (χ2n) is 13.4. The van der Waals surface area contributed by atoms with Gasteiger partial charge >= 0.3 is 12.1 Å². The van der Waals surface area contributed by atoms with Crippen molar-refractivity contribution in [3.8, 4) is 16.9 Å². The highest BCUT2D eigenvalue weighted by Gasteiger charge is 2.30. The summed E-state index contributed by atoms with van der Waals surface area (Å²) >= 11 is 0. The number of H-pyrrole nitrogens is 1. The number of esters is 1. The highest BCUT2D eigenvalue weighted by Crippen LogP contribution is 2.44. The number of primary amides is 1. The van der Waals surface area contributed by atoms with Crippen molar-refractivity contribution >= 4 is 40.5 Å². The fraction of sp³-hybridized carbons (Fsp3) is 0.250. The van der Waals surface area contributed by atoms with E-state index in [2.05, 4.69) is 27.8 Å². The normalized spacial score (nSPS) is 12.8. The van der Waals surface area contributed by atoms with Gasteiger partial charge in [0.2, 0.25) is 5.91 Å². The zero-order valence-electron chi connectivity index (χ0n) is 28.7. The summed E-state index contributed by atoms with van der Waals surface area (Å²) in [6, 6.07) is 29.1. The summed E-state index contributed by atoms with van der Waals surface area (Å²) in [6.07, 6.45) is -0.878. The minimum absolute atomic E-state index is 0.00710. The van der Waals surface area contributed by atoms with E-state index in [1.54, 1.807) is 63.2 Å². The van der Waals surface area contributed by atoms with Crippen LogP contribution < -0.4 is 21.1 Å². The SMILES string of the molecule is CC(C)(C)OC(=O)CC[C@H](NC(=O)OCC1c2ccccc2-c2ccccc21)C(=O)Nc1cccc(COc2ccc3[nH]c(C(N)=O)cc3c2)c1. The molecule has 5 N–H and O–H groups in total. The maximum Gasteiger partial charge on any atom is 0.407 e. The Morgan fingerprint density at radius 1 is 0.863 bits per heavy atom. The zero-order chi connectivity index (χ0) is 36.1. The number of nitrogens with two attached hydrogens (primary N) is 1. The Bertz CT molecular complexity index is 2050. The van der Waals surface area contributed by atoms with Gasteiger partial charge in [-0.1, -0.05) is 60.7 Å². The van der Waals surface area contributed by atoms with Crippen LogP contribution in [-0.2, 0) is 25.7 Å². The predicted octanol–water partition coefficient (Wildman–Crippen LogP) is 6.81. The average Bonchev–Trinajstić information content (AvgIpc) is 3.67. The molecule has 0 saturated heterocycles. The third kappa shape index (κ3) is 8.56. The van der Waals surface area contributed by atoms with Crippen LogP contribution in [0.25, 0.3) is 22.0 Å². The lowest BCUT2D eigenvalue weighted by atomic mass is 9.98. The predicted molar refractivity (Wildman–Crippen MR) is 193 cm³/mol. The average molecular weight is 689 g/mol. The number of aromatic amines is 1. The molecule has 11 heteroatoms. The lowest BCUT2D eigenvalue weighted by Crippen LogP contribution is -2.44. The number of hydrogen-bond acceptors (Lipinski definition) is 7. The molecule has 0 aliphatic heterocycles. The first-order valence-corrected chi connectivity index (χ1v) is 16.7. The van der Waals surface area contributed by atoms with E-state index in [1.165, 1.54) is 0 Å². The molecule has 0 spiro atoms. The second kappa shape index (κ2) is 14.8. The molecule has 1 aromatic heterocycles. The molecule has 3 amide bonds. The lowest BCUT2D eigenvalue weighted by molar-refractivity contribution is -0.155. The van der Waals surface area contributed by atoms with Gasteiger partial charge in [-0.15, -0.1) is 0 Å². The van der Waals surface area contributed by atoms with Crippen molar-refractivity contribution in [2.75, 3.05) is 11.9 Å². The number of amides is 3. The minimum Gasteiger partial charge on any atom is -0.489 e. The summed E-state index contributed by atoms with van der Waals surface area (Å²) in [5.74, 6) is -1.12. The van der Waals surface area contributed by atoms with E-state index in [0.29, 0.717) is 17.1 Å². The van der Waals surface area contributed by atoms with Crippen LogP contribution in [0.3, 0.4) is 0 Å². The number of fused-ring (bicyclic) bond motifs is 4. The van der Waals surface area contributed by atoms with Crippen LogP contribution in [0.5, 0.6) is 5.75 Å². The smallest absolute Gasteiger partial charge is 0.407 e. The molecule has 0 fully saturated rings. The summed E-state index contributed by atoms with van der Waals surface area (Å²) in [7, 11) is 0. The molecule has 1 heterocycles. The van der Waals surface area contributed by atoms with E-state index in [9.17, 15) is 19.2 Å². The van der Waals surface area contributed by atoms with Crippen molar-refractivity contribution in [2.45, 2.75) is 57.8 Å². The van der Waals surface area contributed by atoms with Crippen molar-refractivity contribution < 1.29 is 33.4 Å². The Hall–Kier alpha value is -6.10. The van der Waals surface area contributed by atoms with Gasteiger partial charge in [0.05, 0.1) is 0 Å². The van der Waals surface area contributed by atoms with Gasteiger partial charge in [-0.3, -0.25) is 14.4 Å². The van der Waals surface area contributed by atoms with E-state index in [0.717, 1.165) is 38.7 Å². The molecule has 0 radical (unpaired) electrons. The molecule has 0 saturated carbocycles. The molecular weight excluding hydrogens is 648 g/mol. The van der Waals surface area contributed by atoms with Crippen LogP contribution in [0.1, 0.15) is 66.7 Å². The van der Waals surface area contributed by atoms with Gasteiger partial charge in [0, 0.05) is 28.9 Å². The molecule has 11 nitrogen and oxygen atoms in total. The second-order valence-corrected chi connectivity index (χ2v) is 13.4. The van der Waals surface area contributed by atoms with E-state index in [4.69, 9.17) is 19.9 Å². The molecule has 262 valence electrons. The maximum absolute atomic E-state index is 13.6. The third-order valence-corrected chi connectivity index (χ3v) is 8.47. The highest BCUT2D eigenvalue weighted by atomic mass is 16.6. The van der Waals surface area contributed by atoms with Gasteiger partial charge in [0.25, 0.3) is 5.91 Å². The largest absolute Gasteiger partial charge is 0.489 e. The molecule has 51 heavy (non-hydrogen) atoms. The summed E-state index contributed by atoms with van der Waals surface area (Å²) < 4.78 is 17.1. The Kier molecular flexibility index (Phi) is 10.1. The van der Waals surface area contributed by atoms with Gasteiger partial charge in [-0.05, 0) is 91.4 Å². The van der Waals surface area contributed by atoms with Crippen LogP contribution in [0, 0.1) is 0 Å². The minimum atomic E-state index is -1.09. The molecule has 4 aromatic carbocycles. The number of alkyl carbamates (subject to hydrolysis) is 1. The molecule has 1 aliphatic rings. The standard InChI is InChI=1S/C40H40N4O7/c1-40(2,3)51-36(45)18-17-34(44-39(48)50-23-32-30-13-6-4-11-28(30)29-12-5-7-14-31(29)32)38(47)42-26-10-8-9-24(19-26)22-49-27-15-16-33-25(20-27)21-35(43-33)37(41)46/h4-16,19-21,32,34,43H,17-18,22-23H2,1-3H3,(H2,41,46)(H,42,47)(H,44,48)/t34-/m0/s1. The van der Waals surface area contributed by atoms with E-state index in [1.807, 2.05) is 42.5 Å². The Balaban J connectivity index is 1.10. The number of ether oxygens (including phenoxy) is 3. The number of aromatic nitrogens is 1. The maximum atomic E-state index is 13.6. The molecular formula is C40H40N4O7. The van der Waals surface area contributed by atoms with Crippen LogP contribution in [0.2, 0.25) is 0 Å². The van der Waals surface area contributed by atoms with E-state index in [-0.39, 0.29) is 32.0 Å². The number of anilines is 1. The Morgan fingerprint density at radius 2 is 1.57 bits per heavy atom. The summed E-state index contributed by atoms with van der Waals surface area (Å²) in [4.78, 5) is 53.8. The van der Waals surface area contributed by atoms with Gasteiger partial charge in [0.15, 0.2) is 0 Å². The molecule has 1 aliphatic carbocycles. The quantitative estimate of drug-likeness (QED) is 0.105. The van der Waals surface area contributed by atoms with Crippen molar-refractivity contribution in [2.24, 2.45) is 5.73 Å². The van der Waals surface area contributed by atoms with Crippen LogP contribution >= 0.6 is 0 Å². The number of benzene rings is 4. The third-order valence-electron chi connectivity index (χ3n) is 8.47. The lowest BCUT2D eigenvalue weighted by Gasteiger charge is -2.22. The molecule has 6 rings (SSSR count). The van der Waals surface area contributed by atoms with Gasteiger partial charge in [-0.25, -0.2) is 4.79 Å². The van der Waals surface area contributed by atoms with Crippen molar-refractivity contribution in [3.05, 3.63) is 119 Å². The molecule has 0 unspecified atom stereocenters. The van der Waals surface area contributed by atoms with Crippen LogP contribution in [0.15, 0.2) is 97.1 Å². The van der Waals surface area contributed by atoms with Gasteiger partial charge in [-0.2, -0.15) is 0 Å². The first kappa shape index (κ1) is 34.8. The number of carbonyl (C=O) groups is 4. The van der Waals surface area contributed by atoms with Crippen LogP contribution in [0.4, 0.5) is 10.5 Å². The first-order chi connectivity index (χ1) is 24.4. The zero-order valence-corrected chi connectivity index (χ0v) is 28.7. The van der Waals surface area contributed by atoms with Gasteiger partial charge < -0.3 is 35.6 Å². The van der Waals surface area contributed by atoms with Crippen molar-refractivity contribution in [1.82, 2.24) is 10.3 Å². The molecule has 0 bridgehead atoms. The molecule has 1 atom stereocenters. The van der Waals surface area contributed by atoms with E-state index < -0.39 is 35.5 Å². The van der Waals surface area contributed by atoms with Gasteiger partial charge in [0.1, 0.15) is 36.3 Å². The summed E-state index contributed by atoms with van der Waals surface area (Å²) in [5, 5.41) is 6.31. The summed E-state index contributed by atoms with van der Waals surface area (Å²) in [5.41, 5.74) is 11.3. The van der Waals surface area contributed by atoms with Crippen molar-refractivity contribution in [3.63, 3.8) is 0 Å². The van der Waals surface area contributed by atoms with E-state index >= 15 is 0 Å². The monoisotopic (exact) mass is 688 g/mol. The summed E-state index contributed by atoms with van der Waals surface area (Å²) in [6.45, 7) is 5.56. The molecule has 5 aromatic rings. The fourth-order valence-corrected chi connectivity index (χ4v) is 6.17. The number of nitrogens with one attached hydrogen (secondary N) is 3. The topological polar surface area (TPSA) is 162 Å². The first-order valence-electron chi connectivity index (χ1n) is 16.7. The van der Waals surface area contributed by atoms with Crippen LogP contribution in [-0.4, -0.2) is 47.1 Å². The Labute approximate surface area is 295 Å².